The molecule has 0 saturated heterocycles. The highest BCUT2D eigenvalue weighted by Gasteiger charge is 2.17. The fourth-order valence-corrected chi connectivity index (χ4v) is 2.13. The van der Waals surface area contributed by atoms with Crippen LogP contribution in [0, 0.1) is 11.2 Å². The molecule has 0 amide bonds. The molecule has 0 fully saturated rings. The molecule has 1 rings (SSSR count). The minimum Gasteiger partial charge on any atom is -0.310 e. The Hall–Kier alpha value is -0.600. The van der Waals surface area contributed by atoms with Crippen molar-refractivity contribution in [1.82, 2.24) is 5.32 Å². The van der Waals surface area contributed by atoms with Crippen molar-refractivity contribution in [1.29, 1.82) is 0 Å². The van der Waals surface area contributed by atoms with Gasteiger partial charge in [0.05, 0.1) is 5.02 Å². The van der Waals surface area contributed by atoms with Crippen molar-refractivity contribution in [2.75, 3.05) is 6.54 Å². The Morgan fingerprint density at radius 2 is 2.00 bits per heavy atom. The zero-order chi connectivity index (χ0) is 13.8. The molecule has 18 heavy (non-hydrogen) atoms. The topological polar surface area (TPSA) is 12.0 Å². The Balaban J connectivity index is 2.80. The molecule has 0 aliphatic rings. The molecule has 1 aromatic rings. The maximum Gasteiger partial charge on any atom is 0.141 e. The quantitative estimate of drug-likeness (QED) is 0.798. The van der Waals surface area contributed by atoms with E-state index < -0.39 is 0 Å². The van der Waals surface area contributed by atoms with Gasteiger partial charge in [-0.1, -0.05) is 45.4 Å². The second-order valence-electron chi connectivity index (χ2n) is 5.88. The maximum absolute atomic E-state index is 13.2. The lowest BCUT2D eigenvalue weighted by Gasteiger charge is -2.24. The van der Waals surface area contributed by atoms with Gasteiger partial charge in [0.15, 0.2) is 0 Å². The molecular weight excluding hydrogens is 249 g/mol. The van der Waals surface area contributed by atoms with Crippen LogP contribution in [0.2, 0.25) is 5.02 Å². The summed E-state index contributed by atoms with van der Waals surface area (Å²) in [6, 6.07) is 5.23. The molecule has 102 valence electrons. The molecule has 1 unspecified atom stereocenters. The van der Waals surface area contributed by atoms with Gasteiger partial charge in [-0.25, -0.2) is 4.39 Å². The summed E-state index contributed by atoms with van der Waals surface area (Å²) in [5, 5.41) is 3.64. The molecule has 0 aliphatic carbocycles. The van der Waals surface area contributed by atoms with Gasteiger partial charge in [0.1, 0.15) is 5.82 Å². The molecule has 0 radical (unpaired) electrons. The Bertz CT molecular complexity index is 385. The van der Waals surface area contributed by atoms with Gasteiger partial charge in [0.25, 0.3) is 0 Å². The van der Waals surface area contributed by atoms with Crippen molar-refractivity contribution in [3.8, 4) is 0 Å². The Kier molecular flexibility index (Phi) is 5.61. The molecular formula is C15H23ClFN. The summed E-state index contributed by atoms with van der Waals surface area (Å²) in [6.45, 7) is 9.66. The van der Waals surface area contributed by atoms with Crippen molar-refractivity contribution < 1.29 is 4.39 Å². The van der Waals surface area contributed by atoms with E-state index in [2.05, 4.69) is 33.0 Å². The molecule has 0 saturated carbocycles. The molecule has 3 heteroatoms. The van der Waals surface area contributed by atoms with Crippen LogP contribution in [0.1, 0.15) is 52.1 Å². The minimum absolute atomic E-state index is 0.200. The van der Waals surface area contributed by atoms with Crippen LogP contribution >= 0.6 is 11.6 Å². The predicted molar refractivity (Wildman–Crippen MR) is 76.5 cm³/mol. The average Bonchev–Trinajstić information content (AvgIpc) is 2.27. The highest BCUT2D eigenvalue weighted by atomic mass is 35.5. The first-order valence-corrected chi connectivity index (χ1v) is 6.89. The zero-order valence-electron chi connectivity index (χ0n) is 11.7. The first-order valence-electron chi connectivity index (χ1n) is 6.52. The van der Waals surface area contributed by atoms with E-state index >= 15 is 0 Å². The SMILES string of the molecule is CCNC(CCC(C)(C)C)c1ccc(F)c(Cl)c1. The van der Waals surface area contributed by atoms with E-state index in [0.29, 0.717) is 5.41 Å². The Morgan fingerprint density at radius 1 is 1.33 bits per heavy atom. The summed E-state index contributed by atoms with van der Waals surface area (Å²) in [6.07, 6.45) is 2.14. The first-order chi connectivity index (χ1) is 8.33. The summed E-state index contributed by atoms with van der Waals surface area (Å²) in [7, 11) is 0. The van der Waals surface area contributed by atoms with E-state index in [4.69, 9.17) is 11.6 Å². The van der Waals surface area contributed by atoms with Gasteiger partial charge in [0.2, 0.25) is 0 Å². The number of hydrogen-bond acceptors (Lipinski definition) is 1. The van der Waals surface area contributed by atoms with Crippen LogP contribution in [0.4, 0.5) is 4.39 Å². The van der Waals surface area contributed by atoms with Crippen LogP contribution in [0.3, 0.4) is 0 Å². The monoisotopic (exact) mass is 271 g/mol. The number of nitrogens with one attached hydrogen (secondary N) is 1. The predicted octanol–water partition coefficient (Wildman–Crippen LogP) is 4.96. The van der Waals surface area contributed by atoms with Crippen LogP contribution in [-0.4, -0.2) is 6.54 Å². The third-order valence-corrected chi connectivity index (χ3v) is 3.27. The van der Waals surface area contributed by atoms with E-state index in [1.807, 2.05) is 6.07 Å². The van der Waals surface area contributed by atoms with Crippen molar-refractivity contribution in [2.24, 2.45) is 5.41 Å². The lowest BCUT2D eigenvalue weighted by atomic mass is 9.87. The summed E-state index contributed by atoms with van der Waals surface area (Å²) >= 11 is 5.85. The molecule has 0 heterocycles. The second-order valence-corrected chi connectivity index (χ2v) is 6.29. The fraction of sp³-hybridized carbons (Fsp3) is 0.600. The molecule has 0 aromatic heterocycles. The van der Waals surface area contributed by atoms with Crippen LogP contribution in [-0.2, 0) is 0 Å². The Labute approximate surface area is 115 Å². The number of hydrogen-bond donors (Lipinski definition) is 1. The van der Waals surface area contributed by atoms with E-state index in [0.717, 1.165) is 24.9 Å². The normalized spacial score (nSPS) is 13.7. The average molecular weight is 272 g/mol. The van der Waals surface area contributed by atoms with Gasteiger partial charge in [-0.2, -0.15) is 0 Å². The van der Waals surface area contributed by atoms with Crippen molar-refractivity contribution >= 4 is 11.6 Å². The largest absolute Gasteiger partial charge is 0.310 e. The van der Waals surface area contributed by atoms with Gasteiger partial charge in [-0.05, 0) is 42.5 Å². The van der Waals surface area contributed by atoms with Crippen LogP contribution < -0.4 is 5.32 Å². The highest BCUT2D eigenvalue weighted by Crippen LogP contribution is 2.29. The third kappa shape index (κ3) is 4.95. The smallest absolute Gasteiger partial charge is 0.141 e. The minimum atomic E-state index is -0.355. The van der Waals surface area contributed by atoms with E-state index in [9.17, 15) is 4.39 Å². The molecule has 1 atom stereocenters. The maximum atomic E-state index is 13.2. The van der Waals surface area contributed by atoms with Crippen LogP contribution in [0.25, 0.3) is 0 Å². The molecule has 1 N–H and O–H groups in total. The number of halogens is 2. The zero-order valence-corrected chi connectivity index (χ0v) is 12.4. The first kappa shape index (κ1) is 15.5. The third-order valence-electron chi connectivity index (χ3n) is 2.98. The fourth-order valence-electron chi connectivity index (χ4n) is 1.94. The van der Waals surface area contributed by atoms with E-state index in [1.165, 1.54) is 6.07 Å². The van der Waals surface area contributed by atoms with Gasteiger partial charge >= 0.3 is 0 Å². The van der Waals surface area contributed by atoms with Crippen molar-refractivity contribution in [3.63, 3.8) is 0 Å². The number of benzene rings is 1. The van der Waals surface area contributed by atoms with Gasteiger partial charge in [0, 0.05) is 6.04 Å². The van der Waals surface area contributed by atoms with Gasteiger partial charge in [-0.3, -0.25) is 0 Å². The molecule has 0 bridgehead atoms. The molecule has 1 aromatic carbocycles. The molecule has 0 spiro atoms. The van der Waals surface area contributed by atoms with Gasteiger partial charge in [-0.15, -0.1) is 0 Å². The summed E-state index contributed by atoms with van der Waals surface area (Å²) < 4.78 is 13.2. The van der Waals surface area contributed by atoms with E-state index in [1.54, 1.807) is 6.07 Å². The summed E-state index contributed by atoms with van der Waals surface area (Å²) in [4.78, 5) is 0. The Morgan fingerprint density at radius 3 is 2.50 bits per heavy atom. The molecule has 1 nitrogen and oxygen atoms in total. The highest BCUT2D eigenvalue weighted by molar-refractivity contribution is 6.30. The van der Waals surface area contributed by atoms with Crippen molar-refractivity contribution in [2.45, 2.75) is 46.6 Å². The lowest BCUT2D eigenvalue weighted by molar-refractivity contribution is 0.334. The molecule has 0 aliphatic heterocycles. The summed E-state index contributed by atoms with van der Waals surface area (Å²) in [5.74, 6) is -0.355. The standard InChI is InChI=1S/C15H23ClFN/c1-5-18-14(8-9-15(2,3)4)11-6-7-13(17)12(16)10-11/h6-7,10,14,18H,5,8-9H2,1-4H3. The van der Waals surface area contributed by atoms with Crippen LogP contribution in [0.15, 0.2) is 18.2 Å². The lowest BCUT2D eigenvalue weighted by Crippen LogP contribution is -2.22. The van der Waals surface area contributed by atoms with Crippen LogP contribution in [0.5, 0.6) is 0 Å². The van der Waals surface area contributed by atoms with Gasteiger partial charge < -0.3 is 5.32 Å². The second kappa shape index (κ2) is 6.53. The summed E-state index contributed by atoms with van der Waals surface area (Å²) in [5.41, 5.74) is 1.37. The number of rotatable bonds is 5. The van der Waals surface area contributed by atoms with E-state index in [-0.39, 0.29) is 16.9 Å². The van der Waals surface area contributed by atoms with Crippen molar-refractivity contribution in [3.05, 3.63) is 34.6 Å².